The van der Waals surface area contributed by atoms with Crippen molar-refractivity contribution in [2.24, 2.45) is 5.73 Å². The summed E-state index contributed by atoms with van der Waals surface area (Å²) in [6.45, 7) is 1.80. The molecule has 1 unspecified atom stereocenters. The molecule has 2 N–H and O–H groups in total. The predicted octanol–water partition coefficient (Wildman–Crippen LogP) is -0.0591. The molecule has 2 heteroatoms. The molecule has 0 aliphatic rings. The molecule has 0 saturated carbocycles. The molecule has 40 valence electrons. The number of methoxy groups -OCH3 is 1. The SMILES string of the molecule is COC#CC(C)N. The van der Waals surface area contributed by atoms with Crippen LogP contribution in [0.5, 0.6) is 0 Å². The molecule has 0 bridgehead atoms. The first-order valence-electron chi connectivity index (χ1n) is 2.06. The van der Waals surface area contributed by atoms with Crippen LogP contribution in [0.25, 0.3) is 0 Å². The van der Waals surface area contributed by atoms with Crippen molar-refractivity contribution in [2.75, 3.05) is 7.11 Å². The van der Waals surface area contributed by atoms with Gasteiger partial charge in [-0.25, -0.2) is 0 Å². The Morgan fingerprint density at radius 2 is 2.29 bits per heavy atom. The minimum Gasteiger partial charge on any atom is -0.450 e. The molecule has 0 aliphatic carbocycles. The molecule has 0 aromatic carbocycles. The zero-order valence-corrected chi connectivity index (χ0v) is 4.56. The van der Waals surface area contributed by atoms with E-state index in [0.29, 0.717) is 0 Å². The average Bonchev–Trinajstić information content (AvgIpc) is 1.61. The Morgan fingerprint density at radius 3 is 2.43 bits per heavy atom. The maximum Gasteiger partial charge on any atom is 0.111 e. The summed E-state index contributed by atoms with van der Waals surface area (Å²) in [5.41, 5.74) is 5.22. The number of hydrogen-bond acceptors (Lipinski definition) is 2. The van der Waals surface area contributed by atoms with Crippen molar-refractivity contribution in [2.45, 2.75) is 13.0 Å². The molecule has 0 fully saturated rings. The summed E-state index contributed by atoms with van der Waals surface area (Å²) in [5.74, 6) is 2.60. The highest BCUT2D eigenvalue weighted by atomic mass is 16.5. The first kappa shape index (κ1) is 6.32. The molecule has 0 aromatic heterocycles. The molecule has 0 aliphatic heterocycles. The predicted molar refractivity (Wildman–Crippen MR) is 28.4 cm³/mol. The van der Waals surface area contributed by atoms with Gasteiger partial charge in [0.15, 0.2) is 0 Å². The van der Waals surface area contributed by atoms with E-state index in [1.54, 1.807) is 6.92 Å². The highest BCUT2D eigenvalue weighted by Crippen LogP contribution is 1.65. The van der Waals surface area contributed by atoms with Crippen LogP contribution in [0.1, 0.15) is 6.92 Å². The van der Waals surface area contributed by atoms with Crippen molar-refractivity contribution >= 4 is 0 Å². The highest BCUT2D eigenvalue weighted by molar-refractivity contribution is 4.98. The van der Waals surface area contributed by atoms with E-state index in [1.807, 2.05) is 0 Å². The molecule has 7 heavy (non-hydrogen) atoms. The van der Waals surface area contributed by atoms with Gasteiger partial charge >= 0.3 is 0 Å². The molecule has 1 atom stereocenters. The topological polar surface area (TPSA) is 35.2 Å². The number of nitrogens with two attached hydrogens (primary N) is 1. The van der Waals surface area contributed by atoms with Gasteiger partial charge < -0.3 is 10.5 Å². The molecule has 0 amide bonds. The van der Waals surface area contributed by atoms with Crippen molar-refractivity contribution in [3.63, 3.8) is 0 Å². The van der Waals surface area contributed by atoms with Crippen molar-refractivity contribution in [1.82, 2.24) is 0 Å². The van der Waals surface area contributed by atoms with E-state index >= 15 is 0 Å². The molecule has 0 heterocycles. The van der Waals surface area contributed by atoms with Crippen molar-refractivity contribution in [1.29, 1.82) is 0 Å². The minimum absolute atomic E-state index is 0.0834. The quantitative estimate of drug-likeness (QED) is 0.432. The van der Waals surface area contributed by atoms with E-state index < -0.39 is 0 Å². The number of rotatable bonds is 0. The maximum absolute atomic E-state index is 5.22. The third-order valence-electron chi connectivity index (χ3n) is 0.389. The van der Waals surface area contributed by atoms with Gasteiger partial charge in [-0.15, -0.1) is 0 Å². The third-order valence-corrected chi connectivity index (χ3v) is 0.389. The lowest BCUT2D eigenvalue weighted by molar-refractivity contribution is 0.371. The van der Waals surface area contributed by atoms with Gasteiger partial charge in [-0.1, -0.05) is 0 Å². The summed E-state index contributed by atoms with van der Waals surface area (Å²) in [6, 6.07) is -0.0834. The van der Waals surface area contributed by atoms with E-state index in [0.717, 1.165) is 0 Å². The van der Waals surface area contributed by atoms with Crippen LogP contribution in [0.2, 0.25) is 0 Å². The minimum atomic E-state index is -0.0834. The van der Waals surface area contributed by atoms with Gasteiger partial charge in [0, 0.05) is 0 Å². The van der Waals surface area contributed by atoms with E-state index in [1.165, 1.54) is 7.11 Å². The second-order valence-corrected chi connectivity index (χ2v) is 1.24. The molecule has 0 rings (SSSR count). The van der Waals surface area contributed by atoms with Crippen LogP contribution >= 0.6 is 0 Å². The Bertz CT molecular complexity index is 88.0. The largest absolute Gasteiger partial charge is 0.450 e. The Kier molecular flexibility index (Phi) is 3.17. The lowest BCUT2D eigenvalue weighted by atomic mass is 10.4. The third kappa shape index (κ3) is 5.32. The fourth-order valence-corrected chi connectivity index (χ4v) is 0.152. The van der Waals surface area contributed by atoms with Crippen LogP contribution in [-0.2, 0) is 4.74 Å². The van der Waals surface area contributed by atoms with Gasteiger partial charge in [0.1, 0.15) is 6.11 Å². The smallest absolute Gasteiger partial charge is 0.111 e. The van der Waals surface area contributed by atoms with Crippen LogP contribution < -0.4 is 5.73 Å². The van der Waals surface area contributed by atoms with Crippen LogP contribution in [0.4, 0.5) is 0 Å². The second-order valence-electron chi connectivity index (χ2n) is 1.24. The van der Waals surface area contributed by atoms with E-state index in [4.69, 9.17) is 5.73 Å². The van der Waals surface area contributed by atoms with Crippen molar-refractivity contribution in [3.05, 3.63) is 0 Å². The van der Waals surface area contributed by atoms with Gasteiger partial charge in [0.2, 0.25) is 0 Å². The van der Waals surface area contributed by atoms with E-state index in [2.05, 4.69) is 16.8 Å². The van der Waals surface area contributed by atoms with Gasteiger partial charge in [-0.2, -0.15) is 0 Å². The summed E-state index contributed by atoms with van der Waals surface area (Å²) < 4.78 is 4.41. The molecule has 0 radical (unpaired) electrons. The van der Waals surface area contributed by atoms with Crippen molar-refractivity contribution < 1.29 is 4.74 Å². The first-order chi connectivity index (χ1) is 3.27. The molecule has 0 saturated heterocycles. The van der Waals surface area contributed by atoms with Gasteiger partial charge in [-0.3, -0.25) is 0 Å². The standard InChI is InChI=1S/C5H9NO/c1-5(6)3-4-7-2/h5H,6H2,1-2H3. The van der Waals surface area contributed by atoms with Crippen LogP contribution in [0.15, 0.2) is 0 Å². The maximum atomic E-state index is 5.22. The summed E-state index contributed by atoms with van der Waals surface area (Å²) in [7, 11) is 1.51. The van der Waals surface area contributed by atoms with Crippen molar-refractivity contribution in [3.8, 4) is 12.0 Å². The Morgan fingerprint density at radius 1 is 1.71 bits per heavy atom. The number of ether oxygens (including phenoxy) is 1. The highest BCUT2D eigenvalue weighted by Gasteiger charge is 1.77. The zero-order valence-electron chi connectivity index (χ0n) is 4.56. The van der Waals surface area contributed by atoms with Gasteiger partial charge in [-0.05, 0) is 12.8 Å². The van der Waals surface area contributed by atoms with Gasteiger partial charge in [0.05, 0.1) is 13.2 Å². The second kappa shape index (κ2) is 3.51. The van der Waals surface area contributed by atoms with E-state index in [-0.39, 0.29) is 6.04 Å². The lowest BCUT2D eigenvalue weighted by Gasteiger charge is -1.85. The fraction of sp³-hybridized carbons (Fsp3) is 0.600. The fourth-order valence-electron chi connectivity index (χ4n) is 0.152. The Balaban J connectivity index is 3.24. The summed E-state index contributed by atoms with van der Waals surface area (Å²) >= 11 is 0. The van der Waals surface area contributed by atoms with E-state index in [9.17, 15) is 0 Å². The zero-order chi connectivity index (χ0) is 5.70. The molecular formula is C5H9NO. The molecule has 0 aromatic rings. The normalized spacial score (nSPS) is 11.3. The van der Waals surface area contributed by atoms with Crippen LogP contribution in [0.3, 0.4) is 0 Å². The van der Waals surface area contributed by atoms with Crippen LogP contribution in [-0.4, -0.2) is 13.2 Å². The first-order valence-corrected chi connectivity index (χ1v) is 2.06. The Labute approximate surface area is 43.7 Å². The molecule has 2 nitrogen and oxygen atoms in total. The average molecular weight is 99.1 g/mol. The molecular weight excluding hydrogens is 90.1 g/mol. The Hall–Kier alpha value is -0.680. The van der Waals surface area contributed by atoms with Crippen LogP contribution in [0, 0.1) is 12.0 Å². The van der Waals surface area contributed by atoms with Gasteiger partial charge in [0.25, 0.3) is 0 Å². The monoisotopic (exact) mass is 99.1 g/mol. The summed E-state index contributed by atoms with van der Waals surface area (Å²) in [5, 5.41) is 0. The lowest BCUT2D eigenvalue weighted by Crippen LogP contribution is -2.10. The molecule has 0 spiro atoms. The summed E-state index contributed by atoms with van der Waals surface area (Å²) in [6.07, 6.45) is 2.37. The number of hydrogen-bond donors (Lipinski definition) is 1. The summed E-state index contributed by atoms with van der Waals surface area (Å²) in [4.78, 5) is 0.